The monoisotopic (exact) mass is 357 g/mol. The van der Waals surface area contributed by atoms with Gasteiger partial charge in [0.15, 0.2) is 6.61 Å². The highest BCUT2D eigenvalue weighted by atomic mass is 19.3. The molecule has 0 radical (unpaired) electrons. The highest BCUT2D eigenvalue weighted by molar-refractivity contribution is 5.84. The van der Waals surface area contributed by atoms with Crippen molar-refractivity contribution in [2.24, 2.45) is 0 Å². The van der Waals surface area contributed by atoms with Crippen LogP contribution in [0.2, 0.25) is 0 Å². The number of carbonyl (C=O) groups excluding carboxylic acids is 2. The van der Waals surface area contributed by atoms with Crippen molar-refractivity contribution in [1.29, 1.82) is 5.26 Å². The van der Waals surface area contributed by atoms with Gasteiger partial charge in [-0.25, -0.2) is 13.6 Å². The van der Waals surface area contributed by atoms with Gasteiger partial charge < -0.3 is 9.64 Å². The summed E-state index contributed by atoms with van der Waals surface area (Å²) in [6, 6.07) is 0.801. The molecule has 1 aliphatic heterocycles. The van der Waals surface area contributed by atoms with Gasteiger partial charge >= 0.3 is 5.97 Å². The molecule has 1 fully saturated rings. The third kappa shape index (κ3) is 7.18. The van der Waals surface area contributed by atoms with Gasteiger partial charge in [-0.2, -0.15) is 5.26 Å². The minimum atomic E-state index is -2.72. The number of hydrogen-bond donors (Lipinski definition) is 0. The van der Waals surface area contributed by atoms with Crippen LogP contribution >= 0.6 is 0 Å². The quantitative estimate of drug-likeness (QED) is 0.466. The molecule has 1 aliphatic rings. The maximum Gasteiger partial charge on any atom is 0.329 e. The molecule has 0 unspecified atom stereocenters. The number of likely N-dealkylation sites (tertiary alicyclic amines) is 1. The Hall–Kier alpha value is -2.01. The summed E-state index contributed by atoms with van der Waals surface area (Å²) in [5, 5.41) is 8.54. The summed E-state index contributed by atoms with van der Waals surface area (Å²) in [5.41, 5.74) is 0. The van der Waals surface area contributed by atoms with Crippen molar-refractivity contribution in [3.05, 3.63) is 12.7 Å². The molecule has 1 heterocycles. The number of likely N-dealkylation sites (N-methyl/N-ethyl adjacent to an activating group) is 1. The smallest absolute Gasteiger partial charge is 0.329 e. The fraction of sp³-hybridized carbons (Fsp3) is 0.706. The Morgan fingerprint density at radius 3 is 2.84 bits per heavy atom. The topological polar surface area (TPSA) is 73.6 Å². The lowest BCUT2D eigenvalue weighted by atomic mass is 10.1. The lowest BCUT2D eigenvalue weighted by molar-refractivity contribution is -0.153. The second kappa shape index (κ2) is 10.1. The zero-order valence-corrected chi connectivity index (χ0v) is 14.5. The first-order valence-electron chi connectivity index (χ1n) is 8.31. The van der Waals surface area contributed by atoms with E-state index in [1.165, 1.54) is 11.9 Å². The highest BCUT2D eigenvalue weighted by Crippen LogP contribution is 2.26. The lowest BCUT2D eigenvalue weighted by Crippen LogP contribution is -2.48. The molecule has 6 nitrogen and oxygen atoms in total. The van der Waals surface area contributed by atoms with E-state index in [4.69, 9.17) is 10.00 Å². The van der Waals surface area contributed by atoms with Gasteiger partial charge in [-0.3, -0.25) is 9.69 Å². The standard InChI is InChI=1S/C17H25F2N3O3/c1-3-4-6-15(23)21(2)14(16(24)25-12-9-20)7-11-22-10-5-8-17(18,19)13-22/h3,14H,1,4-8,10-13H2,2H3/t14-/m0/s1. The molecule has 0 aromatic rings. The highest BCUT2D eigenvalue weighted by Gasteiger charge is 2.36. The number of amides is 1. The number of allylic oxidation sites excluding steroid dienone is 1. The average Bonchev–Trinajstić information content (AvgIpc) is 2.56. The molecule has 8 heteroatoms. The number of nitriles is 1. The van der Waals surface area contributed by atoms with Crippen molar-refractivity contribution >= 4 is 11.9 Å². The zero-order chi connectivity index (χ0) is 18.9. The summed E-state index contributed by atoms with van der Waals surface area (Å²) in [6.45, 7) is 3.57. The first-order chi connectivity index (χ1) is 11.8. The number of esters is 1. The van der Waals surface area contributed by atoms with Crippen molar-refractivity contribution in [3.63, 3.8) is 0 Å². The van der Waals surface area contributed by atoms with Gasteiger partial charge in [0, 0.05) is 26.4 Å². The Morgan fingerprint density at radius 2 is 2.24 bits per heavy atom. The molecule has 1 saturated heterocycles. The van der Waals surface area contributed by atoms with E-state index in [0.29, 0.717) is 19.4 Å². The zero-order valence-electron chi connectivity index (χ0n) is 14.5. The number of alkyl halides is 2. The molecule has 1 rings (SSSR count). The van der Waals surface area contributed by atoms with Crippen molar-refractivity contribution < 1.29 is 23.1 Å². The molecule has 0 aromatic carbocycles. The van der Waals surface area contributed by atoms with Crippen LogP contribution in [0.1, 0.15) is 32.1 Å². The Balaban J connectivity index is 2.70. The second-order valence-electron chi connectivity index (χ2n) is 6.14. The predicted octanol–water partition coefficient (Wildman–Crippen LogP) is 1.97. The van der Waals surface area contributed by atoms with Gasteiger partial charge in [0.1, 0.15) is 12.1 Å². The Labute approximate surface area is 147 Å². The maximum absolute atomic E-state index is 13.5. The van der Waals surface area contributed by atoms with E-state index in [9.17, 15) is 18.4 Å². The summed E-state index contributed by atoms with van der Waals surface area (Å²) in [7, 11) is 1.48. The van der Waals surface area contributed by atoms with Gasteiger partial charge in [-0.15, -0.1) is 6.58 Å². The Kier molecular flexibility index (Phi) is 8.49. The van der Waals surface area contributed by atoms with Crippen LogP contribution in [0.25, 0.3) is 0 Å². The first kappa shape index (κ1) is 21.0. The molecule has 0 aliphatic carbocycles. The largest absolute Gasteiger partial charge is 0.449 e. The Morgan fingerprint density at radius 1 is 1.52 bits per heavy atom. The summed E-state index contributed by atoms with van der Waals surface area (Å²) in [5.74, 6) is -3.68. The molecule has 0 aromatic heterocycles. The van der Waals surface area contributed by atoms with Gasteiger partial charge in [0.2, 0.25) is 5.91 Å². The maximum atomic E-state index is 13.5. The number of nitrogens with zero attached hydrogens (tertiary/aromatic N) is 3. The number of halogens is 2. The van der Waals surface area contributed by atoms with Gasteiger partial charge in [0.05, 0.1) is 6.54 Å². The van der Waals surface area contributed by atoms with E-state index < -0.39 is 24.5 Å². The molecule has 140 valence electrons. The summed E-state index contributed by atoms with van der Waals surface area (Å²) < 4.78 is 31.8. The van der Waals surface area contributed by atoms with Crippen LogP contribution in [0.4, 0.5) is 8.78 Å². The van der Waals surface area contributed by atoms with Crippen molar-refractivity contribution in [3.8, 4) is 6.07 Å². The molecule has 0 bridgehead atoms. The third-order valence-corrected chi connectivity index (χ3v) is 4.16. The van der Waals surface area contributed by atoms with Gasteiger partial charge in [0.25, 0.3) is 5.92 Å². The number of rotatable bonds is 9. The predicted molar refractivity (Wildman–Crippen MR) is 87.8 cm³/mol. The van der Waals surface area contributed by atoms with Crippen LogP contribution in [0.5, 0.6) is 0 Å². The summed E-state index contributed by atoms with van der Waals surface area (Å²) >= 11 is 0. The van der Waals surface area contributed by atoms with E-state index in [2.05, 4.69) is 6.58 Å². The van der Waals surface area contributed by atoms with Crippen LogP contribution in [-0.4, -0.2) is 66.9 Å². The molecular formula is C17H25F2N3O3. The number of carbonyl (C=O) groups is 2. The normalized spacial score (nSPS) is 18.0. The van der Waals surface area contributed by atoms with Crippen molar-refractivity contribution in [2.75, 3.05) is 33.3 Å². The number of hydrogen-bond acceptors (Lipinski definition) is 5. The first-order valence-corrected chi connectivity index (χ1v) is 8.31. The SMILES string of the molecule is C=CCCC(=O)N(C)[C@@H](CCN1CCCC(F)(F)C1)C(=O)OCC#N. The van der Waals surface area contributed by atoms with E-state index in [1.807, 2.05) is 0 Å². The second-order valence-corrected chi connectivity index (χ2v) is 6.14. The minimum Gasteiger partial charge on any atom is -0.449 e. The van der Waals surface area contributed by atoms with Crippen LogP contribution in [0.3, 0.4) is 0 Å². The molecule has 0 spiro atoms. The van der Waals surface area contributed by atoms with Crippen LogP contribution in [0, 0.1) is 11.3 Å². The fourth-order valence-corrected chi connectivity index (χ4v) is 2.79. The molecule has 1 amide bonds. The van der Waals surface area contributed by atoms with E-state index in [0.717, 1.165) is 0 Å². The fourth-order valence-electron chi connectivity index (χ4n) is 2.79. The van der Waals surface area contributed by atoms with Crippen molar-refractivity contribution in [1.82, 2.24) is 9.80 Å². The molecule has 1 atom stereocenters. The molecule has 0 saturated carbocycles. The molecular weight excluding hydrogens is 332 g/mol. The van der Waals surface area contributed by atoms with Gasteiger partial charge in [-0.05, 0) is 25.8 Å². The molecule has 25 heavy (non-hydrogen) atoms. The van der Waals surface area contributed by atoms with Crippen LogP contribution < -0.4 is 0 Å². The van der Waals surface area contributed by atoms with E-state index in [1.54, 1.807) is 17.0 Å². The summed E-state index contributed by atoms with van der Waals surface area (Å²) in [4.78, 5) is 27.2. The minimum absolute atomic E-state index is 0.128. The number of piperidine rings is 1. The Bertz CT molecular complexity index is 520. The lowest BCUT2D eigenvalue weighted by Gasteiger charge is -2.34. The number of ether oxygens (including phenoxy) is 1. The van der Waals surface area contributed by atoms with Crippen molar-refractivity contribution in [2.45, 2.75) is 44.1 Å². The van der Waals surface area contributed by atoms with Gasteiger partial charge in [-0.1, -0.05) is 6.08 Å². The average molecular weight is 357 g/mol. The van der Waals surface area contributed by atoms with E-state index in [-0.39, 0.29) is 38.3 Å². The summed E-state index contributed by atoms with van der Waals surface area (Å²) in [6.07, 6.45) is 2.72. The molecule has 0 N–H and O–H groups in total. The van der Waals surface area contributed by atoms with Crippen LogP contribution in [0.15, 0.2) is 12.7 Å². The van der Waals surface area contributed by atoms with E-state index >= 15 is 0 Å². The van der Waals surface area contributed by atoms with Crippen LogP contribution in [-0.2, 0) is 14.3 Å². The third-order valence-electron chi connectivity index (χ3n) is 4.16.